The molecule has 0 aromatic carbocycles. The second-order valence-electron chi connectivity index (χ2n) is 4.39. The molecule has 1 atom stereocenters. The van der Waals surface area contributed by atoms with E-state index in [0.717, 1.165) is 5.57 Å². The first-order valence-electron chi connectivity index (χ1n) is 5.61. The number of piperidine rings is 1. The summed E-state index contributed by atoms with van der Waals surface area (Å²) in [7, 11) is 0. The van der Waals surface area contributed by atoms with Crippen LogP contribution in [0, 0.1) is 5.92 Å². The van der Waals surface area contributed by atoms with Crippen molar-refractivity contribution in [1.82, 2.24) is 10.2 Å². The fourth-order valence-electron chi connectivity index (χ4n) is 2.64. The maximum atomic E-state index is 11.9. The molecule has 0 spiro atoms. The Morgan fingerprint density at radius 1 is 1.18 bits per heavy atom. The van der Waals surface area contributed by atoms with Gasteiger partial charge in [-0.1, -0.05) is 0 Å². The fraction of sp³-hybridized carbons (Fsp3) is 0.545. The number of amides is 3. The number of carbonyl (C=O) groups is 3. The van der Waals surface area contributed by atoms with Crippen molar-refractivity contribution in [2.24, 2.45) is 5.92 Å². The number of nitrogens with one attached hydrogen (secondary N) is 1. The van der Waals surface area contributed by atoms with Crippen molar-refractivity contribution in [3.05, 3.63) is 11.3 Å². The van der Waals surface area contributed by atoms with Gasteiger partial charge in [-0.2, -0.15) is 0 Å². The maximum Gasteiger partial charge on any atom is 0.259 e. The molecule has 0 aromatic heterocycles. The van der Waals surface area contributed by atoms with Crippen molar-refractivity contribution in [1.29, 1.82) is 0 Å². The van der Waals surface area contributed by atoms with Crippen molar-refractivity contribution in [2.75, 3.05) is 19.8 Å². The molecule has 0 radical (unpaired) electrons. The highest BCUT2D eigenvalue weighted by molar-refractivity contribution is 6.02. The van der Waals surface area contributed by atoms with Gasteiger partial charge >= 0.3 is 0 Å². The molecule has 1 N–H and O–H groups in total. The molecule has 3 rings (SSSR count). The third kappa shape index (κ3) is 1.48. The van der Waals surface area contributed by atoms with Crippen molar-refractivity contribution >= 4 is 17.7 Å². The highest BCUT2D eigenvalue weighted by Gasteiger charge is 2.42. The van der Waals surface area contributed by atoms with Crippen LogP contribution in [0.5, 0.6) is 0 Å². The van der Waals surface area contributed by atoms with Gasteiger partial charge in [0.05, 0.1) is 18.2 Å². The van der Waals surface area contributed by atoms with Gasteiger partial charge < -0.3 is 10.1 Å². The summed E-state index contributed by atoms with van der Waals surface area (Å²) in [5.74, 6) is -1.14. The Morgan fingerprint density at radius 3 is 2.82 bits per heavy atom. The number of ether oxygens (including phenoxy) is 1. The van der Waals surface area contributed by atoms with E-state index < -0.39 is 5.92 Å². The number of hydrogen-bond donors (Lipinski definition) is 1. The zero-order valence-electron chi connectivity index (χ0n) is 9.19. The molecular formula is C11H12N2O4. The average molecular weight is 236 g/mol. The Bertz CT molecular complexity index is 454. The Kier molecular flexibility index (Phi) is 2.25. The second kappa shape index (κ2) is 3.66. The number of fused-ring (bicyclic) bond motifs is 2. The summed E-state index contributed by atoms with van der Waals surface area (Å²) in [6.45, 7) is 0.750. The second-order valence-corrected chi connectivity index (χ2v) is 4.39. The van der Waals surface area contributed by atoms with Gasteiger partial charge in [-0.25, -0.2) is 4.90 Å². The molecule has 3 amide bonds. The summed E-state index contributed by atoms with van der Waals surface area (Å²) in [5.41, 5.74) is 1.48. The molecule has 2 saturated heterocycles. The molecule has 17 heavy (non-hydrogen) atoms. The van der Waals surface area contributed by atoms with Gasteiger partial charge in [0.15, 0.2) is 0 Å². The molecule has 3 aliphatic rings. The topological polar surface area (TPSA) is 75.7 Å². The van der Waals surface area contributed by atoms with E-state index in [2.05, 4.69) is 5.32 Å². The summed E-state index contributed by atoms with van der Waals surface area (Å²) < 4.78 is 5.15. The summed E-state index contributed by atoms with van der Waals surface area (Å²) >= 11 is 0. The van der Waals surface area contributed by atoms with E-state index in [0.29, 0.717) is 18.7 Å². The van der Waals surface area contributed by atoms with Crippen LogP contribution < -0.4 is 5.32 Å². The van der Waals surface area contributed by atoms with Crippen LogP contribution in [-0.2, 0) is 19.1 Å². The molecule has 6 nitrogen and oxygen atoms in total. The first-order chi connectivity index (χ1) is 8.18. The van der Waals surface area contributed by atoms with E-state index in [1.54, 1.807) is 0 Å². The smallest absolute Gasteiger partial charge is 0.259 e. The Hall–Kier alpha value is -1.69. The van der Waals surface area contributed by atoms with E-state index in [4.69, 9.17) is 4.74 Å². The summed E-state index contributed by atoms with van der Waals surface area (Å²) in [6.07, 6.45) is 0.780. The number of imide groups is 1. The Balaban J connectivity index is 2.07. The maximum absolute atomic E-state index is 11.9. The molecule has 3 heterocycles. The number of nitrogens with zero attached hydrogens (tertiary/aromatic N) is 1. The summed E-state index contributed by atoms with van der Waals surface area (Å²) in [5, 5.41) is 2.74. The largest absolute Gasteiger partial charge is 0.365 e. The summed E-state index contributed by atoms with van der Waals surface area (Å²) in [4.78, 5) is 36.4. The number of hydrogen-bond acceptors (Lipinski definition) is 4. The minimum atomic E-state index is -0.406. The molecule has 90 valence electrons. The van der Waals surface area contributed by atoms with Gasteiger partial charge in [-0.3, -0.25) is 14.4 Å². The van der Waals surface area contributed by atoms with Crippen molar-refractivity contribution in [3.63, 3.8) is 0 Å². The lowest BCUT2D eigenvalue weighted by Gasteiger charge is -2.38. The highest BCUT2D eigenvalue weighted by Crippen LogP contribution is 2.34. The predicted molar refractivity (Wildman–Crippen MR) is 55.4 cm³/mol. The molecule has 6 heteroatoms. The lowest BCUT2D eigenvalue weighted by atomic mass is 9.84. The van der Waals surface area contributed by atoms with Crippen molar-refractivity contribution in [3.8, 4) is 0 Å². The zero-order chi connectivity index (χ0) is 12.0. The molecule has 1 unspecified atom stereocenters. The molecule has 2 fully saturated rings. The van der Waals surface area contributed by atoms with Crippen LogP contribution in [0.15, 0.2) is 11.3 Å². The van der Waals surface area contributed by atoms with Crippen LogP contribution in [0.3, 0.4) is 0 Å². The fourth-order valence-corrected chi connectivity index (χ4v) is 2.64. The third-order valence-electron chi connectivity index (χ3n) is 3.41. The molecule has 0 bridgehead atoms. The zero-order valence-corrected chi connectivity index (χ0v) is 9.19. The quantitative estimate of drug-likeness (QED) is 0.557. The lowest BCUT2D eigenvalue weighted by Crippen LogP contribution is -2.52. The SMILES string of the molecule is O=C1NCCC2=C3COCC(=O)N3C(=O)CC12. The van der Waals surface area contributed by atoms with Crippen LogP contribution >= 0.6 is 0 Å². The minimum absolute atomic E-state index is 0.0562. The Labute approximate surface area is 97.6 Å². The predicted octanol–water partition coefficient (Wildman–Crippen LogP) is -0.834. The number of rotatable bonds is 0. The molecular weight excluding hydrogens is 224 g/mol. The summed E-state index contributed by atoms with van der Waals surface area (Å²) in [6, 6.07) is 0. The highest BCUT2D eigenvalue weighted by atomic mass is 16.5. The Morgan fingerprint density at radius 2 is 2.00 bits per heavy atom. The normalized spacial score (nSPS) is 28.8. The van der Waals surface area contributed by atoms with E-state index in [9.17, 15) is 14.4 Å². The van der Waals surface area contributed by atoms with Gasteiger partial charge in [0.25, 0.3) is 5.91 Å². The molecule has 3 aliphatic heterocycles. The third-order valence-corrected chi connectivity index (χ3v) is 3.41. The monoisotopic (exact) mass is 236 g/mol. The van der Waals surface area contributed by atoms with Crippen molar-refractivity contribution in [2.45, 2.75) is 12.8 Å². The van der Waals surface area contributed by atoms with Gasteiger partial charge in [-0.05, 0) is 12.0 Å². The van der Waals surface area contributed by atoms with E-state index >= 15 is 0 Å². The molecule has 0 aliphatic carbocycles. The number of carbonyl (C=O) groups excluding carboxylic acids is 3. The standard InChI is InChI=1S/C11H12N2O4/c14-9-3-7-6(1-2-12-11(7)16)8-4-17-5-10(15)13(8)9/h7H,1-5H2,(H,12,16). The number of morpholine rings is 1. The molecule has 0 saturated carbocycles. The van der Waals surface area contributed by atoms with Gasteiger partial charge in [0, 0.05) is 13.0 Å². The van der Waals surface area contributed by atoms with Crippen LogP contribution in [0.25, 0.3) is 0 Å². The first-order valence-corrected chi connectivity index (χ1v) is 5.61. The molecule has 0 aromatic rings. The van der Waals surface area contributed by atoms with Crippen LogP contribution in [-0.4, -0.2) is 42.4 Å². The average Bonchev–Trinajstić information content (AvgIpc) is 2.31. The van der Waals surface area contributed by atoms with E-state index in [1.807, 2.05) is 0 Å². The van der Waals surface area contributed by atoms with E-state index in [-0.39, 0.29) is 37.4 Å². The van der Waals surface area contributed by atoms with Gasteiger partial charge in [0.2, 0.25) is 11.8 Å². The van der Waals surface area contributed by atoms with Crippen LogP contribution in [0.1, 0.15) is 12.8 Å². The van der Waals surface area contributed by atoms with Crippen LogP contribution in [0.2, 0.25) is 0 Å². The van der Waals surface area contributed by atoms with Gasteiger partial charge in [-0.15, -0.1) is 0 Å². The van der Waals surface area contributed by atoms with E-state index in [1.165, 1.54) is 4.90 Å². The van der Waals surface area contributed by atoms with Gasteiger partial charge in [0.1, 0.15) is 6.61 Å². The lowest BCUT2D eigenvalue weighted by molar-refractivity contribution is -0.152. The first kappa shape index (κ1) is 10.5. The minimum Gasteiger partial charge on any atom is -0.365 e. The van der Waals surface area contributed by atoms with Crippen molar-refractivity contribution < 1.29 is 19.1 Å². The van der Waals surface area contributed by atoms with Crippen LogP contribution in [0.4, 0.5) is 0 Å².